The van der Waals surface area contributed by atoms with E-state index in [1.54, 1.807) is 7.11 Å². The molecular formula is C23H42IN5O2. The number of hydrogen-bond acceptors (Lipinski definition) is 5. The molecule has 7 nitrogen and oxygen atoms in total. The number of rotatable bonds is 13. The number of ether oxygens (including phenoxy) is 2. The molecule has 0 spiro atoms. The molecule has 178 valence electrons. The van der Waals surface area contributed by atoms with Gasteiger partial charge in [0.1, 0.15) is 5.75 Å². The van der Waals surface area contributed by atoms with Gasteiger partial charge in [-0.1, -0.05) is 0 Å². The maximum absolute atomic E-state index is 5.38. The van der Waals surface area contributed by atoms with Crippen LogP contribution in [-0.2, 0) is 4.74 Å². The Kier molecular flexibility index (Phi) is 15.5. The molecule has 0 aromatic heterocycles. The summed E-state index contributed by atoms with van der Waals surface area (Å²) in [6, 6.07) is 8.37. The fourth-order valence-corrected chi connectivity index (χ4v) is 3.53. The number of nitrogens with one attached hydrogen (secondary N) is 2. The van der Waals surface area contributed by atoms with Gasteiger partial charge in [-0.3, -0.25) is 9.89 Å². The topological polar surface area (TPSA) is 61.4 Å². The third-order valence-corrected chi connectivity index (χ3v) is 5.27. The second-order valence-electron chi connectivity index (χ2n) is 7.47. The standard InChI is InChI=1S/C23H41N5O2.HI/c1-4-24-23(25-13-6-7-20-30-5-2)26-14-8-15-27-16-18-28(19-17-27)21-9-11-22(29-3)12-10-21;/h9-12H,4-8,13-20H2,1-3H3,(H2,24,25,26);1H. The molecule has 2 rings (SSSR count). The molecule has 1 aromatic rings. The summed E-state index contributed by atoms with van der Waals surface area (Å²) >= 11 is 0. The summed E-state index contributed by atoms with van der Waals surface area (Å²) in [5.74, 6) is 1.84. The Balaban J connectivity index is 0.00000480. The maximum Gasteiger partial charge on any atom is 0.191 e. The van der Waals surface area contributed by atoms with Crippen LogP contribution in [0.4, 0.5) is 5.69 Å². The summed E-state index contributed by atoms with van der Waals surface area (Å²) in [5.41, 5.74) is 1.28. The minimum absolute atomic E-state index is 0. The first-order valence-corrected chi connectivity index (χ1v) is 11.5. The molecule has 8 heteroatoms. The van der Waals surface area contributed by atoms with E-state index < -0.39 is 0 Å². The van der Waals surface area contributed by atoms with Crippen LogP contribution in [0.25, 0.3) is 0 Å². The van der Waals surface area contributed by atoms with Crippen molar-refractivity contribution in [3.05, 3.63) is 24.3 Å². The van der Waals surface area contributed by atoms with E-state index in [0.717, 1.165) is 96.5 Å². The highest BCUT2D eigenvalue weighted by molar-refractivity contribution is 14.0. The van der Waals surface area contributed by atoms with Crippen LogP contribution in [0.5, 0.6) is 5.75 Å². The van der Waals surface area contributed by atoms with E-state index in [0.29, 0.717) is 0 Å². The number of unbranched alkanes of at least 4 members (excludes halogenated alkanes) is 1. The first-order valence-electron chi connectivity index (χ1n) is 11.5. The summed E-state index contributed by atoms with van der Waals surface area (Å²) in [6.45, 7) is 13.9. The van der Waals surface area contributed by atoms with Gasteiger partial charge in [-0.05, 0) is 57.4 Å². The first-order chi connectivity index (χ1) is 14.8. The van der Waals surface area contributed by atoms with E-state index in [1.807, 2.05) is 19.1 Å². The number of halogens is 1. The third kappa shape index (κ3) is 11.2. The first kappa shape index (κ1) is 27.8. The van der Waals surface area contributed by atoms with Crippen molar-refractivity contribution in [2.45, 2.75) is 33.1 Å². The van der Waals surface area contributed by atoms with Gasteiger partial charge in [0.05, 0.1) is 7.11 Å². The molecule has 1 aromatic carbocycles. The molecule has 0 bridgehead atoms. The number of guanidine groups is 1. The predicted octanol–water partition coefficient (Wildman–Crippen LogP) is 3.20. The molecule has 1 heterocycles. The Morgan fingerprint density at radius 2 is 1.74 bits per heavy atom. The molecule has 1 saturated heterocycles. The fraction of sp³-hybridized carbons (Fsp3) is 0.696. The lowest BCUT2D eigenvalue weighted by atomic mass is 10.2. The number of anilines is 1. The summed E-state index contributed by atoms with van der Waals surface area (Å²) in [7, 11) is 1.71. The van der Waals surface area contributed by atoms with Crippen molar-refractivity contribution in [1.82, 2.24) is 15.5 Å². The highest BCUT2D eigenvalue weighted by atomic mass is 127. The summed E-state index contributed by atoms with van der Waals surface area (Å²) in [5, 5.41) is 6.76. The molecule has 0 saturated carbocycles. The van der Waals surface area contributed by atoms with Crippen LogP contribution in [0.1, 0.15) is 33.1 Å². The van der Waals surface area contributed by atoms with E-state index in [9.17, 15) is 0 Å². The van der Waals surface area contributed by atoms with Crippen molar-refractivity contribution in [3.63, 3.8) is 0 Å². The Labute approximate surface area is 206 Å². The average molecular weight is 548 g/mol. The van der Waals surface area contributed by atoms with E-state index in [-0.39, 0.29) is 24.0 Å². The highest BCUT2D eigenvalue weighted by Crippen LogP contribution is 2.20. The van der Waals surface area contributed by atoms with E-state index in [1.165, 1.54) is 5.69 Å². The summed E-state index contributed by atoms with van der Waals surface area (Å²) < 4.78 is 10.6. The molecule has 1 aliphatic rings. The number of benzene rings is 1. The smallest absolute Gasteiger partial charge is 0.191 e. The van der Waals surface area contributed by atoms with Crippen LogP contribution in [0.15, 0.2) is 29.3 Å². The summed E-state index contributed by atoms with van der Waals surface area (Å²) in [4.78, 5) is 9.72. The van der Waals surface area contributed by atoms with Gasteiger partial charge in [-0.2, -0.15) is 0 Å². The van der Waals surface area contributed by atoms with Crippen molar-refractivity contribution < 1.29 is 9.47 Å². The van der Waals surface area contributed by atoms with Gasteiger partial charge in [0.15, 0.2) is 5.96 Å². The zero-order valence-electron chi connectivity index (χ0n) is 19.6. The van der Waals surface area contributed by atoms with Crippen LogP contribution in [-0.4, -0.2) is 83.5 Å². The second kappa shape index (κ2) is 17.3. The Morgan fingerprint density at radius 3 is 2.39 bits per heavy atom. The van der Waals surface area contributed by atoms with Crippen molar-refractivity contribution in [2.24, 2.45) is 4.99 Å². The predicted molar refractivity (Wildman–Crippen MR) is 141 cm³/mol. The molecule has 0 atom stereocenters. The second-order valence-corrected chi connectivity index (χ2v) is 7.47. The van der Waals surface area contributed by atoms with Crippen molar-refractivity contribution in [3.8, 4) is 5.75 Å². The van der Waals surface area contributed by atoms with E-state index >= 15 is 0 Å². The molecule has 2 N–H and O–H groups in total. The SMILES string of the molecule is CCNC(=NCCCN1CCN(c2ccc(OC)cc2)CC1)NCCCCOCC.I. The van der Waals surface area contributed by atoms with Gasteiger partial charge in [-0.15, -0.1) is 24.0 Å². The van der Waals surface area contributed by atoms with Gasteiger partial charge in [-0.25, -0.2) is 0 Å². The van der Waals surface area contributed by atoms with Crippen LogP contribution >= 0.6 is 24.0 Å². The van der Waals surface area contributed by atoms with E-state index in [4.69, 9.17) is 14.5 Å². The highest BCUT2D eigenvalue weighted by Gasteiger charge is 2.16. The normalized spacial score (nSPS) is 14.8. The van der Waals surface area contributed by atoms with Crippen LogP contribution in [0.2, 0.25) is 0 Å². The van der Waals surface area contributed by atoms with Gasteiger partial charge in [0.2, 0.25) is 0 Å². The van der Waals surface area contributed by atoms with Gasteiger partial charge >= 0.3 is 0 Å². The number of piperazine rings is 1. The number of hydrogen-bond donors (Lipinski definition) is 2. The largest absolute Gasteiger partial charge is 0.497 e. The molecule has 0 aliphatic carbocycles. The van der Waals surface area contributed by atoms with Gasteiger partial charge in [0, 0.05) is 71.3 Å². The minimum Gasteiger partial charge on any atom is -0.497 e. The molecule has 1 aliphatic heterocycles. The molecule has 1 fully saturated rings. The zero-order chi connectivity index (χ0) is 21.4. The van der Waals surface area contributed by atoms with Crippen molar-refractivity contribution >= 4 is 35.6 Å². The molecule has 0 amide bonds. The monoisotopic (exact) mass is 547 g/mol. The quantitative estimate of drug-likeness (QED) is 0.171. The Bertz CT molecular complexity index is 592. The molecule has 31 heavy (non-hydrogen) atoms. The average Bonchev–Trinajstić information content (AvgIpc) is 2.79. The lowest BCUT2D eigenvalue weighted by Crippen LogP contribution is -2.46. The number of methoxy groups -OCH3 is 1. The third-order valence-electron chi connectivity index (χ3n) is 5.27. The Hall–Kier alpha value is -1.26. The number of aliphatic imine (C=N–C) groups is 1. The van der Waals surface area contributed by atoms with Crippen LogP contribution in [0.3, 0.4) is 0 Å². The van der Waals surface area contributed by atoms with Crippen molar-refractivity contribution in [2.75, 3.05) is 77.6 Å². The van der Waals surface area contributed by atoms with Gasteiger partial charge in [0.25, 0.3) is 0 Å². The van der Waals surface area contributed by atoms with Crippen LogP contribution in [0, 0.1) is 0 Å². The maximum atomic E-state index is 5.38. The lowest BCUT2D eigenvalue weighted by Gasteiger charge is -2.36. The van der Waals surface area contributed by atoms with E-state index in [2.05, 4.69) is 39.5 Å². The molecule has 0 unspecified atom stereocenters. The minimum atomic E-state index is 0. The fourth-order valence-electron chi connectivity index (χ4n) is 3.53. The number of nitrogens with zero attached hydrogens (tertiary/aromatic N) is 3. The zero-order valence-corrected chi connectivity index (χ0v) is 21.9. The Morgan fingerprint density at radius 1 is 1.00 bits per heavy atom. The lowest BCUT2D eigenvalue weighted by molar-refractivity contribution is 0.143. The summed E-state index contributed by atoms with van der Waals surface area (Å²) in [6.07, 6.45) is 3.27. The van der Waals surface area contributed by atoms with Gasteiger partial charge < -0.3 is 25.0 Å². The molecular weight excluding hydrogens is 505 g/mol. The van der Waals surface area contributed by atoms with Crippen molar-refractivity contribution in [1.29, 1.82) is 0 Å². The molecule has 0 radical (unpaired) electrons. The van der Waals surface area contributed by atoms with Crippen LogP contribution < -0.4 is 20.3 Å².